The van der Waals surface area contributed by atoms with Crippen LogP contribution in [0.5, 0.6) is 0 Å². The van der Waals surface area contributed by atoms with Crippen molar-refractivity contribution in [2.75, 3.05) is 31.6 Å². The first-order chi connectivity index (χ1) is 6.07. The molecule has 4 nitrogen and oxygen atoms in total. The van der Waals surface area contributed by atoms with Crippen LogP contribution in [0.25, 0.3) is 0 Å². The summed E-state index contributed by atoms with van der Waals surface area (Å²) in [5.74, 6) is 0.500. The third-order valence-electron chi connectivity index (χ3n) is 2.16. The molecular formula is C8H16N2O2S. The second kappa shape index (κ2) is 4.00. The van der Waals surface area contributed by atoms with E-state index in [9.17, 15) is 8.42 Å². The van der Waals surface area contributed by atoms with Crippen LogP contribution in [0.2, 0.25) is 0 Å². The molecule has 0 saturated carbocycles. The van der Waals surface area contributed by atoms with Crippen molar-refractivity contribution in [3.05, 3.63) is 11.9 Å². The minimum Gasteiger partial charge on any atom is -0.389 e. The molecule has 0 aromatic rings. The summed E-state index contributed by atoms with van der Waals surface area (Å²) < 4.78 is 22.3. The molecule has 0 amide bonds. The van der Waals surface area contributed by atoms with Crippen molar-refractivity contribution >= 4 is 9.84 Å². The van der Waals surface area contributed by atoms with Gasteiger partial charge in [-0.15, -0.1) is 0 Å². The van der Waals surface area contributed by atoms with Gasteiger partial charge in [0.15, 0.2) is 9.84 Å². The molecule has 1 rings (SSSR count). The Labute approximate surface area is 79.5 Å². The molecular weight excluding hydrogens is 188 g/mol. The van der Waals surface area contributed by atoms with Gasteiger partial charge in [0.05, 0.1) is 12.3 Å². The van der Waals surface area contributed by atoms with Crippen LogP contribution < -0.4 is 5.32 Å². The van der Waals surface area contributed by atoms with Crippen LogP contribution in [0.1, 0.15) is 6.92 Å². The maximum absolute atomic E-state index is 11.1. The number of hydrogen-bond donors (Lipinski definition) is 1. The molecule has 0 aliphatic carbocycles. The van der Waals surface area contributed by atoms with Crippen LogP contribution in [0, 0.1) is 0 Å². The molecule has 0 unspecified atom stereocenters. The first kappa shape index (κ1) is 10.4. The molecule has 0 spiro atoms. The summed E-state index contributed by atoms with van der Waals surface area (Å²) >= 11 is 0. The molecule has 13 heavy (non-hydrogen) atoms. The lowest BCUT2D eigenvalue weighted by molar-refractivity contribution is 0.363. The molecule has 1 aliphatic heterocycles. The van der Waals surface area contributed by atoms with E-state index in [0.717, 1.165) is 12.2 Å². The lowest BCUT2D eigenvalue weighted by Gasteiger charge is -2.30. The molecule has 0 aromatic carbocycles. The molecule has 0 aromatic heterocycles. The standard InChI is InChI=1S/C8H16N2O2S/c1-3-13(11,12)5-4-10-6-8(7-10)9-2/h6,9H,3-5,7H2,1-2H3. The van der Waals surface area contributed by atoms with Gasteiger partial charge in [-0.05, 0) is 0 Å². The fourth-order valence-electron chi connectivity index (χ4n) is 1.10. The van der Waals surface area contributed by atoms with E-state index >= 15 is 0 Å². The van der Waals surface area contributed by atoms with E-state index in [1.807, 2.05) is 18.1 Å². The molecule has 0 atom stereocenters. The van der Waals surface area contributed by atoms with Crippen LogP contribution in [0.15, 0.2) is 11.9 Å². The van der Waals surface area contributed by atoms with Crippen LogP contribution >= 0.6 is 0 Å². The van der Waals surface area contributed by atoms with Crippen molar-refractivity contribution < 1.29 is 8.42 Å². The van der Waals surface area contributed by atoms with Gasteiger partial charge in [0.1, 0.15) is 0 Å². The Morgan fingerprint density at radius 3 is 2.69 bits per heavy atom. The molecule has 5 heteroatoms. The first-order valence-electron chi connectivity index (χ1n) is 4.40. The van der Waals surface area contributed by atoms with Gasteiger partial charge < -0.3 is 10.2 Å². The summed E-state index contributed by atoms with van der Waals surface area (Å²) in [6.07, 6.45) is 1.95. The predicted molar refractivity (Wildman–Crippen MR) is 53.0 cm³/mol. The van der Waals surface area contributed by atoms with Crippen molar-refractivity contribution in [1.29, 1.82) is 0 Å². The fraction of sp³-hybridized carbons (Fsp3) is 0.750. The van der Waals surface area contributed by atoms with Gasteiger partial charge in [-0.1, -0.05) is 6.92 Å². The lowest BCUT2D eigenvalue weighted by Crippen LogP contribution is -2.38. The van der Waals surface area contributed by atoms with Crippen molar-refractivity contribution in [3.8, 4) is 0 Å². The highest BCUT2D eigenvalue weighted by Crippen LogP contribution is 2.09. The molecule has 0 radical (unpaired) electrons. The lowest BCUT2D eigenvalue weighted by atomic mass is 10.3. The Morgan fingerprint density at radius 1 is 1.62 bits per heavy atom. The number of nitrogens with one attached hydrogen (secondary N) is 1. The number of sulfone groups is 1. The van der Waals surface area contributed by atoms with Crippen molar-refractivity contribution in [2.24, 2.45) is 0 Å². The largest absolute Gasteiger partial charge is 0.389 e. The SMILES string of the molecule is CCS(=O)(=O)CCN1C=C(NC)C1. The normalized spacial score (nSPS) is 16.5. The highest BCUT2D eigenvalue weighted by molar-refractivity contribution is 7.91. The van der Waals surface area contributed by atoms with Gasteiger partial charge in [-0.2, -0.15) is 0 Å². The van der Waals surface area contributed by atoms with Gasteiger partial charge in [-0.25, -0.2) is 8.42 Å². The van der Waals surface area contributed by atoms with Gasteiger partial charge in [-0.3, -0.25) is 0 Å². The van der Waals surface area contributed by atoms with Crippen LogP contribution in [-0.4, -0.2) is 45.0 Å². The topological polar surface area (TPSA) is 49.4 Å². The van der Waals surface area contributed by atoms with Gasteiger partial charge in [0.25, 0.3) is 0 Å². The quantitative estimate of drug-likeness (QED) is 0.673. The van der Waals surface area contributed by atoms with Crippen molar-refractivity contribution in [1.82, 2.24) is 10.2 Å². The summed E-state index contributed by atoms with van der Waals surface area (Å²) in [5.41, 5.74) is 1.16. The molecule has 0 saturated heterocycles. The number of rotatable bonds is 5. The van der Waals surface area contributed by atoms with Crippen molar-refractivity contribution in [2.45, 2.75) is 6.92 Å². The molecule has 76 valence electrons. The third-order valence-corrected chi connectivity index (χ3v) is 3.85. The maximum Gasteiger partial charge on any atom is 0.151 e. The monoisotopic (exact) mass is 204 g/mol. The smallest absolute Gasteiger partial charge is 0.151 e. The zero-order valence-corrected chi connectivity index (χ0v) is 8.89. The number of nitrogens with zero attached hydrogens (tertiary/aromatic N) is 1. The van der Waals surface area contributed by atoms with E-state index < -0.39 is 9.84 Å². The minimum absolute atomic E-state index is 0.240. The number of hydrogen-bond acceptors (Lipinski definition) is 4. The second-order valence-electron chi connectivity index (χ2n) is 3.11. The first-order valence-corrected chi connectivity index (χ1v) is 6.22. The van der Waals surface area contributed by atoms with Crippen LogP contribution in [0.3, 0.4) is 0 Å². The maximum atomic E-state index is 11.1. The minimum atomic E-state index is -2.81. The molecule has 1 N–H and O–H groups in total. The van der Waals surface area contributed by atoms with E-state index in [1.165, 1.54) is 0 Å². The van der Waals surface area contributed by atoms with E-state index in [1.54, 1.807) is 6.92 Å². The average molecular weight is 204 g/mol. The molecule has 1 aliphatic rings. The molecule has 0 fully saturated rings. The van der Waals surface area contributed by atoms with Gasteiger partial charge >= 0.3 is 0 Å². The summed E-state index contributed by atoms with van der Waals surface area (Å²) in [7, 11) is -0.939. The van der Waals surface area contributed by atoms with Crippen LogP contribution in [-0.2, 0) is 9.84 Å². The fourth-order valence-corrected chi connectivity index (χ4v) is 1.90. The van der Waals surface area contributed by atoms with E-state index in [4.69, 9.17) is 0 Å². The van der Waals surface area contributed by atoms with Gasteiger partial charge in [0.2, 0.25) is 0 Å². The summed E-state index contributed by atoms with van der Waals surface area (Å²) in [6.45, 7) is 3.14. The Hall–Kier alpha value is -0.710. The highest BCUT2D eigenvalue weighted by Gasteiger charge is 2.16. The highest BCUT2D eigenvalue weighted by atomic mass is 32.2. The van der Waals surface area contributed by atoms with Crippen LogP contribution in [0.4, 0.5) is 0 Å². The predicted octanol–water partition coefficient (Wildman–Crippen LogP) is -0.202. The zero-order chi connectivity index (χ0) is 9.90. The van der Waals surface area contributed by atoms with E-state index in [0.29, 0.717) is 6.54 Å². The summed E-state index contributed by atoms with van der Waals surface area (Å²) in [5, 5.41) is 3.01. The second-order valence-corrected chi connectivity index (χ2v) is 5.58. The van der Waals surface area contributed by atoms with Gasteiger partial charge in [0, 0.05) is 31.2 Å². The zero-order valence-electron chi connectivity index (χ0n) is 8.08. The Bertz CT molecular complexity index is 295. The third kappa shape index (κ3) is 2.91. The Kier molecular flexibility index (Phi) is 3.19. The number of likely N-dealkylation sites (N-methyl/N-ethyl adjacent to an activating group) is 1. The summed E-state index contributed by atoms with van der Waals surface area (Å²) in [4.78, 5) is 2.00. The average Bonchev–Trinajstić information content (AvgIpc) is 2.02. The molecule has 1 heterocycles. The molecule has 0 bridgehead atoms. The van der Waals surface area contributed by atoms with E-state index in [2.05, 4.69) is 5.32 Å². The van der Waals surface area contributed by atoms with E-state index in [-0.39, 0.29) is 11.5 Å². The Morgan fingerprint density at radius 2 is 2.23 bits per heavy atom. The summed E-state index contributed by atoms with van der Waals surface area (Å²) in [6, 6.07) is 0. The van der Waals surface area contributed by atoms with Crippen molar-refractivity contribution in [3.63, 3.8) is 0 Å². The Balaban J connectivity index is 2.27.